The third-order valence-corrected chi connectivity index (χ3v) is 10.6. The van der Waals surface area contributed by atoms with E-state index in [-0.39, 0.29) is 10.2 Å². The van der Waals surface area contributed by atoms with Crippen LogP contribution in [0.3, 0.4) is 0 Å². The Morgan fingerprint density at radius 2 is 1.00 bits per heavy atom. The third-order valence-electron chi connectivity index (χ3n) is 5.97. The van der Waals surface area contributed by atoms with Crippen molar-refractivity contribution in [3.8, 4) is 22.3 Å². The average Bonchev–Trinajstić information content (AvgIpc) is 2.99. The van der Waals surface area contributed by atoms with Crippen LogP contribution >= 0.6 is 58.8 Å². The topological polar surface area (TPSA) is 34.1 Å². The molecule has 0 aromatic heterocycles. The van der Waals surface area contributed by atoms with E-state index in [0.717, 1.165) is 51.6 Å². The Hall–Kier alpha value is -3.07. The van der Waals surface area contributed by atoms with Crippen molar-refractivity contribution in [1.29, 1.82) is 0 Å². The van der Waals surface area contributed by atoms with Gasteiger partial charge in [0, 0.05) is 29.4 Å². The lowest BCUT2D eigenvalue weighted by atomic mass is 10.1. The van der Waals surface area contributed by atoms with E-state index in [2.05, 4.69) is 87.0 Å². The normalized spacial score (nSPS) is 10.7. The number of carbonyl (C=O) groups excluding carboxylic acids is 2. The zero-order valence-electron chi connectivity index (χ0n) is 23.9. The van der Waals surface area contributed by atoms with Crippen molar-refractivity contribution in [2.45, 2.75) is 43.2 Å². The van der Waals surface area contributed by atoms with Gasteiger partial charge in [-0.2, -0.15) is 0 Å². The van der Waals surface area contributed by atoms with Gasteiger partial charge in [-0.3, -0.25) is 9.59 Å². The molecule has 0 N–H and O–H groups in total. The Kier molecular flexibility index (Phi) is 11.9. The van der Waals surface area contributed by atoms with Crippen LogP contribution in [0.1, 0.15) is 13.8 Å². The van der Waals surface area contributed by atoms with Gasteiger partial charge in [-0.15, -0.1) is 0 Å². The highest BCUT2D eigenvalue weighted by Gasteiger charge is 2.15. The molecule has 0 unspecified atom stereocenters. The highest BCUT2D eigenvalue weighted by atomic mass is 32.2. The number of thioether (sulfide) groups is 4. The predicted octanol–water partition coefficient (Wildman–Crippen LogP) is 12.0. The summed E-state index contributed by atoms with van der Waals surface area (Å²) in [5.41, 5.74) is 5.21. The van der Waals surface area contributed by atoms with Crippen LogP contribution < -0.4 is 0 Å². The molecule has 0 saturated carbocycles. The average molecular weight is 655 g/mol. The minimum absolute atomic E-state index is 0.0461. The summed E-state index contributed by atoms with van der Waals surface area (Å²) in [6.07, 6.45) is 0. The van der Waals surface area contributed by atoms with Crippen molar-refractivity contribution in [2.24, 2.45) is 0 Å². The Morgan fingerprint density at radius 3 is 1.37 bits per heavy atom. The van der Waals surface area contributed by atoms with E-state index < -0.39 is 0 Å². The molecule has 0 heterocycles. The van der Waals surface area contributed by atoms with E-state index in [4.69, 9.17) is 0 Å². The van der Waals surface area contributed by atoms with Crippen LogP contribution in [0.2, 0.25) is 0 Å². The maximum atomic E-state index is 12.4. The van der Waals surface area contributed by atoms with Crippen LogP contribution in [0.5, 0.6) is 0 Å². The van der Waals surface area contributed by atoms with E-state index in [1.807, 2.05) is 35.1 Å². The van der Waals surface area contributed by atoms with Gasteiger partial charge >= 0.3 is 0 Å². The molecule has 0 amide bonds. The molecule has 0 radical (unpaired) electrons. The van der Waals surface area contributed by atoms with Crippen molar-refractivity contribution in [3.63, 3.8) is 0 Å². The van der Waals surface area contributed by atoms with Gasteiger partial charge in [-0.05, 0) is 142 Å². The molecule has 4 aromatic rings. The molecule has 216 valence electrons. The SMILES string of the molecule is C=CSc1ccc(Sc2ccc(SC=C)cc2-c2cccc(SC(=O)C(=C)C)c2)c(-c2cccc(SC(=O)C(=C)C)c2)c1. The van der Waals surface area contributed by atoms with E-state index in [0.29, 0.717) is 11.1 Å². The van der Waals surface area contributed by atoms with Gasteiger partial charge in [0.05, 0.1) is 0 Å². The number of carbonyl (C=O) groups is 2. The minimum Gasteiger partial charge on any atom is -0.282 e. The molecule has 0 bridgehead atoms. The molecular weight excluding hydrogens is 625 g/mol. The highest BCUT2D eigenvalue weighted by molar-refractivity contribution is 8.14. The summed E-state index contributed by atoms with van der Waals surface area (Å²) in [6.45, 7) is 18.8. The van der Waals surface area contributed by atoms with Crippen LogP contribution in [-0.2, 0) is 9.59 Å². The van der Waals surface area contributed by atoms with Crippen molar-refractivity contribution in [1.82, 2.24) is 0 Å². The number of hydrogen-bond donors (Lipinski definition) is 0. The van der Waals surface area contributed by atoms with E-state index in [1.165, 1.54) is 23.5 Å². The number of rotatable bonds is 12. The lowest BCUT2D eigenvalue weighted by Gasteiger charge is -2.16. The van der Waals surface area contributed by atoms with Crippen LogP contribution in [0, 0.1) is 0 Å². The van der Waals surface area contributed by atoms with Crippen molar-refractivity contribution >= 4 is 69.0 Å². The van der Waals surface area contributed by atoms with Crippen LogP contribution in [0.15, 0.2) is 163 Å². The fourth-order valence-electron chi connectivity index (χ4n) is 3.95. The molecule has 4 rings (SSSR count). The largest absolute Gasteiger partial charge is 0.282 e. The minimum atomic E-state index is -0.0461. The fraction of sp³-hybridized carbons (Fsp3) is 0.0556. The summed E-state index contributed by atoms with van der Waals surface area (Å²) in [6, 6.07) is 28.9. The van der Waals surface area contributed by atoms with Crippen molar-refractivity contribution in [3.05, 3.63) is 133 Å². The summed E-state index contributed by atoms with van der Waals surface area (Å²) in [7, 11) is 0. The second-order valence-corrected chi connectivity index (χ2v) is 14.6. The smallest absolute Gasteiger partial charge is 0.219 e. The van der Waals surface area contributed by atoms with Gasteiger partial charge in [-0.1, -0.05) is 85.9 Å². The molecule has 0 fully saturated rings. The molecule has 0 aliphatic heterocycles. The first-order valence-electron chi connectivity index (χ1n) is 13.2. The summed E-state index contributed by atoms with van der Waals surface area (Å²) < 4.78 is 0. The van der Waals surface area contributed by atoms with E-state index in [1.54, 1.807) is 49.1 Å². The number of hydrogen-bond acceptors (Lipinski definition) is 7. The van der Waals surface area contributed by atoms with Gasteiger partial charge < -0.3 is 0 Å². The zero-order valence-corrected chi connectivity index (χ0v) is 28.0. The molecule has 2 nitrogen and oxygen atoms in total. The molecule has 0 saturated heterocycles. The fourth-order valence-corrected chi connectivity index (χ4v) is 7.52. The van der Waals surface area contributed by atoms with Gasteiger partial charge in [0.1, 0.15) is 0 Å². The molecule has 7 heteroatoms. The maximum Gasteiger partial charge on any atom is 0.219 e. The molecule has 43 heavy (non-hydrogen) atoms. The number of benzene rings is 4. The Balaban J connectivity index is 1.80. The van der Waals surface area contributed by atoms with Crippen molar-refractivity contribution < 1.29 is 9.59 Å². The quantitative estimate of drug-likeness (QED) is 0.111. The van der Waals surface area contributed by atoms with E-state index in [9.17, 15) is 9.59 Å². The van der Waals surface area contributed by atoms with Gasteiger partial charge in [0.25, 0.3) is 0 Å². The second-order valence-electron chi connectivity index (χ2n) is 9.38. The Bertz CT molecular complexity index is 1610. The zero-order chi connectivity index (χ0) is 30.9. The molecule has 0 aliphatic rings. The van der Waals surface area contributed by atoms with Crippen molar-refractivity contribution in [2.75, 3.05) is 0 Å². The second kappa shape index (κ2) is 15.6. The summed E-state index contributed by atoms with van der Waals surface area (Å²) in [5, 5.41) is 3.55. The molecule has 0 atom stereocenters. The molecule has 0 spiro atoms. The van der Waals surface area contributed by atoms with Crippen LogP contribution in [-0.4, -0.2) is 10.2 Å². The first-order valence-corrected chi connectivity index (χ1v) is 17.4. The lowest BCUT2D eigenvalue weighted by Crippen LogP contribution is -1.92. The third kappa shape index (κ3) is 8.97. The van der Waals surface area contributed by atoms with Crippen LogP contribution in [0.4, 0.5) is 0 Å². The molecule has 0 aliphatic carbocycles. The van der Waals surface area contributed by atoms with Gasteiger partial charge in [0.2, 0.25) is 10.2 Å². The van der Waals surface area contributed by atoms with Gasteiger partial charge in [0.15, 0.2) is 0 Å². The molecular formula is C36H30O2S5. The first-order chi connectivity index (χ1) is 20.7. The standard InChI is InChI=1S/C36H30O2S5/c1-7-39-27-15-17-33(31(21-27)25-11-9-13-29(19-25)41-35(37)23(3)4)43-34-18-16-28(40-8-2)22-32(34)26-12-10-14-30(20-26)42-36(38)24(5)6/h7-22H,1-3,5H2,4,6H3. The predicted molar refractivity (Wildman–Crippen MR) is 191 cm³/mol. The summed E-state index contributed by atoms with van der Waals surface area (Å²) >= 11 is 7.20. The maximum absolute atomic E-state index is 12.4. The monoisotopic (exact) mass is 654 g/mol. The summed E-state index contributed by atoms with van der Waals surface area (Å²) in [5.74, 6) is 0. The Morgan fingerprint density at radius 1 is 0.581 bits per heavy atom. The summed E-state index contributed by atoms with van der Waals surface area (Å²) in [4.78, 5) is 30.8. The van der Waals surface area contributed by atoms with Gasteiger partial charge in [-0.25, -0.2) is 0 Å². The lowest BCUT2D eigenvalue weighted by molar-refractivity contribution is -0.108. The first kappa shape index (κ1) is 32.8. The van der Waals surface area contributed by atoms with E-state index >= 15 is 0 Å². The Labute approximate surface area is 275 Å². The highest BCUT2D eigenvalue weighted by Crippen LogP contribution is 2.44. The van der Waals surface area contributed by atoms with Crippen LogP contribution in [0.25, 0.3) is 22.3 Å². The molecule has 4 aromatic carbocycles.